The van der Waals surface area contributed by atoms with Crippen molar-refractivity contribution in [3.8, 4) is 17.2 Å². The summed E-state index contributed by atoms with van der Waals surface area (Å²) in [6.45, 7) is 4.61. The first-order chi connectivity index (χ1) is 49.3. The second kappa shape index (κ2) is 31.8. The standard InChI is InChI=1S/C17H15ClN4O7S2.C17H13ClN2O4S.C17H12N2O6S.C16H12N2O4S/c1-9-6-15(31(27,28)29)14(8-13(9)18)19-20-16-10(2)21-22(17(16)23)11-4-3-5-12(7-11)30(24,25)26;1-10-8-16(25(22,23)24)14(9-13(10)18)19-20-17-12-5-3-2-4-11(12)6-7-15(17)21;20-16-14(17(21)22)9-10-3-1-2-4-13(10)15(16)19-18-11-5-7-12(8-6-11)26(23,24)25;19-15-10-5-11-3-1-2-4-14(11)16(15)18-17-12-6-8-13(9-7-12)23(20,21)22/h3-8,16H,1-2H3,(H,24,25,26)(H,27,28,29);2-9,21H,1H3,(H,22,23,24);1-9,20H,(H,21,22)(H,23,24,25);1-10,19H,(H,20,21,22). The van der Waals surface area contributed by atoms with Crippen LogP contribution in [0, 0.1) is 13.8 Å². The van der Waals surface area contributed by atoms with Crippen LogP contribution in [-0.4, -0.2) is 109 Å². The summed E-state index contributed by atoms with van der Waals surface area (Å²) in [6, 6.07) is 48.0. The number of nitrogens with zero attached hydrogens (tertiary/aromatic N) is 10. The number of carboxylic acid groups (broad SMARTS) is 1. The summed E-state index contributed by atoms with van der Waals surface area (Å²) in [5.74, 6) is -2.62. The molecule has 1 atom stereocenters. The summed E-state index contributed by atoms with van der Waals surface area (Å²) < 4.78 is 159. The van der Waals surface area contributed by atoms with E-state index >= 15 is 0 Å². The highest BCUT2D eigenvalue weighted by Crippen LogP contribution is 2.42. The van der Waals surface area contributed by atoms with Gasteiger partial charge in [-0.25, -0.2) is 4.79 Å². The molecule has 31 nitrogen and oxygen atoms in total. The van der Waals surface area contributed by atoms with Gasteiger partial charge in [-0.3, -0.25) is 27.6 Å². The predicted molar refractivity (Wildman–Crippen MR) is 386 cm³/mol. The number of fused-ring (bicyclic) bond motifs is 3. The predicted octanol–water partition coefficient (Wildman–Crippen LogP) is 16.3. The fraction of sp³-hybridized carbons (Fsp3) is 0.0597. The van der Waals surface area contributed by atoms with Crippen molar-refractivity contribution in [2.45, 2.75) is 51.3 Å². The van der Waals surface area contributed by atoms with Gasteiger partial charge in [0, 0.05) is 26.2 Å². The Morgan fingerprint density at radius 2 is 0.838 bits per heavy atom. The number of aromatic carboxylic acids is 1. The normalized spacial score (nSPS) is 13.6. The number of carbonyl (C=O) groups is 2. The molecule has 0 fully saturated rings. The summed E-state index contributed by atoms with van der Waals surface area (Å²) in [5.41, 5.74) is 1.57. The number of hydrogen-bond acceptors (Lipinski definition) is 24. The zero-order valence-corrected chi connectivity index (χ0v) is 59.4. The maximum absolute atomic E-state index is 12.8. The molecule has 11 aromatic carbocycles. The molecule has 0 saturated carbocycles. The second-order valence-electron chi connectivity index (χ2n) is 22.1. The second-order valence-corrected chi connectivity index (χ2v) is 29.9. The molecule has 1 aliphatic heterocycles. The van der Waals surface area contributed by atoms with Crippen molar-refractivity contribution in [1.29, 1.82) is 0 Å². The number of aromatic hydroxyl groups is 3. The molecule has 12 rings (SSSR count). The minimum absolute atomic E-state index is 0.00186. The van der Waals surface area contributed by atoms with Gasteiger partial charge in [-0.1, -0.05) is 114 Å². The maximum atomic E-state index is 12.8. The molecule has 0 spiro atoms. The van der Waals surface area contributed by atoms with Crippen LogP contribution in [0.25, 0.3) is 32.3 Å². The highest BCUT2D eigenvalue weighted by atomic mass is 35.5. The van der Waals surface area contributed by atoms with E-state index in [4.69, 9.17) is 32.3 Å². The van der Waals surface area contributed by atoms with Gasteiger partial charge in [-0.05, 0) is 157 Å². The number of amides is 1. The number of phenols is 3. The van der Waals surface area contributed by atoms with Gasteiger partial charge in [0.2, 0.25) is 0 Å². The minimum Gasteiger partial charge on any atom is -0.506 e. The smallest absolute Gasteiger partial charge is 0.339 e. The first-order valence-corrected chi connectivity index (χ1v) is 37.5. The van der Waals surface area contributed by atoms with Gasteiger partial charge in [0.25, 0.3) is 56.5 Å². The van der Waals surface area contributed by atoms with Crippen LogP contribution >= 0.6 is 23.2 Å². The molecule has 0 aliphatic carbocycles. The molecule has 540 valence electrons. The molecule has 0 saturated heterocycles. The lowest BCUT2D eigenvalue weighted by molar-refractivity contribution is -0.117. The molecular weight excluding hydrogens is 1510 g/mol. The van der Waals surface area contributed by atoms with E-state index in [1.54, 1.807) is 55.5 Å². The van der Waals surface area contributed by atoms with Crippen molar-refractivity contribution in [3.05, 3.63) is 227 Å². The van der Waals surface area contributed by atoms with Gasteiger partial charge >= 0.3 is 5.97 Å². The largest absolute Gasteiger partial charge is 0.506 e. The van der Waals surface area contributed by atoms with E-state index in [0.717, 1.165) is 51.5 Å². The third-order valence-electron chi connectivity index (χ3n) is 14.8. The minimum atomic E-state index is -4.64. The van der Waals surface area contributed by atoms with Crippen LogP contribution in [0.3, 0.4) is 0 Å². The Morgan fingerprint density at radius 3 is 1.28 bits per heavy atom. The Bertz CT molecular complexity index is 6080. The van der Waals surface area contributed by atoms with Crippen LogP contribution in [0.15, 0.2) is 271 Å². The Balaban J connectivity index is 0.000000163. The van der Waals surface area contributed by atoms with Gasteiger partial charge in [-0.2, -0.15) is 72.7 Å². The summed E-state index contributed by atoms with van der Waals surface area (Å²) >= 11 is 12.0. The average Bonchev–Trinajstić information content (AvgIpc) is 1.67. The Kier molecular flexibility index (Phi) is 23.6. The van der Waals surface area contributed by atoms with Crippen molar-refractivity contribution in [2.24, 2.45) is 46.0 Å². The number of hydrogen-bond donors (Lipinski definition) is 9. The van der Waals surface area contributed by atoms with Gasteiger partial charge in [0.05, 0.1) is 37.5 Å². The van der Waals surface area contributed by atoms with Gasteiger partial charge < -0.3 is 20.4 Å². The number of aryl methyl sites for hydroxylation is 2. The average molecular weight is 1560 g/mol. The molecule has 11 aromatic rings. The van der Waals surface area contributed by atoms with Gasteiger partial charge in [0.15, 0.2) is 11.8 Å². The van der Waals surface area contributed by atoms with Crippen LogP contribution < -0.4 is 5.01 Å². The lowest BCUT2D eigenvalue weighted by Crippen LogP contribution is -2.29. The summed E-state index contributed by atoms with van der Waals surface area (Å²) in [6.07, 6.45) is 0. The molecule has 1 aliphatic rings. The zero-order valence-electron chi connectivity index (χ0n) is 53.8. The van der Waals surface area contributed by atoms with Crippen molar-refractivity contribution in [2.75, 3.05) is 5.01 Å². The number of azo groups is 4. The van der Waals surface area contributed by atoms with Crippen LogP contribution in [0.1, 0.15) is 28.4 Å². The first kappa shape index (κ1) is 77.9. The van der Waals surface area contributed by atoms with Gasteiger partial charge in [0.1, 0.15) is 55.3 Å². The Hall–Kier alpha value is -11.3. The number of rotatable bonds is 15. The van der Waals surface area contributed by atoms with Gasteiger partial charge in [-0.15, -0.1) is 20.5 Å². The zero-order chi connectivity index (χ0) is 76.7. The number of hydrazone groups is 1. The third-order valence-corrected chi connectivity index (χ3v) is 20.0. The Morgan fingerprint density at radius 1 is 0.429 bits per heavy atom. The van der Waals surface area contributed by atoms with Crippen molar-refractivity contribution < 1.29 is 94.9 Å². The van der Waals surface area contributed by atoms with Crippen LogP contribution in [0.2, 0.25) is 10.0 Å². The summed E-state index contributed by atoms with van der Waals surface area (Å²) in [7, 11) is -22.2. The number of phenolic OH excluding ortho intramolecular Hbond substituents is 2. The van der Waals surface area contributed by atoms with E-state index in [-0.39, 0.29) is 76.7 Å². The highest BCUT2D eigenvalue weighted by Gasteiger charge is 2.36. The summed E-state index contributed by atoms with van der Waals surface area (Å²) in [5, 5.41) is 80.5. The number of carboxylic acids is 1. The lowest BCUT2D eigenvalue weighted by atomic mass is 10.0. The SMILES string of the molecule is CC1=NN(c2cccc(S(=O)(=O)O)c2)C(=O)C1N=Nc1cc(Cl)c(C)cc1S(=O)(=O)O.Cc1cc(S(=O)(=O)O)c(N=Nc2c(O)ccc3ccccc23)cc1Cl.O=C(O)c1cc2ccccc2c(N=Nc2ccc(S(=O)(=O)O)cc2)c1O.O=S(=O)(O)c1ccc(N=Nc2c(O)ccc3ccccc23)cc1. The molecule has 38 heteroatoms. The van der Waals surface area contributed by atoms with Crippen LogP contribution in [0.4, 0.5) is 45.5 Å². The van der Waals surface area contributed by atoms with E-state index in [1.165, 1.54) is 98.8 Å². The molecule has 1 amide bonds. The van der Waals surface area contributed by atoms with E-state index in [0.29, 0.717) is 38.7 Å². The number of halogens is 2. The maximum Gasteiger partial charge on any atom is 0.339 e. The number of anilines is 1. The van der Waals surface area contributed by atoms with Crippen molar-refractivity contribution >= 4 is 169 Å². The van der Waals surface area contributed by atoms with Crippen LogP contribution in [-0.2, 0) is 55.4 Å². The van der Waals surface area contributed by atoms with E-state index in [2.05, 4.69) is 46.0 Å². The Labute approximate surface area is 606 Å². The molecule has 0 aromatic heterocycles. The first-order valence-electron chi connectivity index (χ1n) is 29.5. The fourth-order valence-electron chi connectivity index (χ4n) is 9.60. The fourth-order valence-corrected chi connectivity index (χ4v) is 12.8. The van der Waals surface area contributed by atoms with E-state index in [9.17, 15) is 85.8 Å². The topological polar surface area (TPSA) is 501 Å². The number of benzene rings is 11. The molecule has 1 unspecified atom stereocenters. The molecular formula is C67H52Cl2N10O21S5. The van der Waals surface area contributed by atoms with E-state index < -0.39 is 88.9 Å². The molecule has 0 radical (unpaired) electrons. The molecule has 9 N–H and O–H groups in total. The quantitative estimate of drug-likeness (QED) is 0.0340. The third kappa shape index (κ3) is 19.1. The lowest BCUT2D eigenvalue weighted by Gasteiger charge is -2.13. The molecule has 0 bridgehead atoms. The highest BCUT2D eigenvalue weighted by molar-refractivity contribution is 7.87. The molecule has 105 heavy (non-hydrogen) atoms. The summed E-state index contributed by atoms with van der Waals surface area (Å²) in [4.78, 5) is 22.2. The monoisotopic (exact) mass is 1560 g/mol. The van der Waals surface area contributed by atoms with E-state index in [1.807, 2.05) is 36.4 Å². The van der Waals surface area contributed by atoms with Crippen molar-refractivity contribution in [1.82, 2.24) is 0 Å². The molecule has 1 heterocycles. The number of carbonyl (C=O) groups excluding carboxylic acids is 1. The van der Waals surface area contributed by atoms with Crippen molar-refractivity contribution in [3.63, 3.8) is 0 Å². The van der Waals surface area contributed by atoms with Crippen LogP contribution in [0.5, 0.6) is 17.2 Å².